The summed E-state index contributed by atoms with van der Waals surface area (Å²) >= 11 is 5.20. The van der Waals surface area contributed by atoms with Crippen LogP contribution in [0.5, 0.6) is 5.75 Å². The zero-order valence-corrected chi connectivity index (χ0v) is 9.23. The largest absolute Gasteiger partial charge is 0.489 e. The molecule has 5 nitrogen and oxygen atoms in total. The Balaban J connectivity index is 3.05. The van der Waals surface area contributed by atoms with Crippen molar-refractivity contribution in [2.75, 3.05) is 0 Å². The minimum Gasteiger partial charge on any atom is -0.489 e. The number of hydrogen-bond donors (Lipinski definition) is 1. The minimum atomic E-state index is 0.0160. The average molecular weight is 230 g/mol. The van der Waals surface area contributed by atoms with Gasteiger partial charge in [0.1, 0.15) is 11.9 Å². The normalized spacial score (nSPS) is 11.6. The molecule has 1 heterocycles. The van der Waals surface area contributed by atoms with Crippen LogP contribution in [0.15, 0.2) is 23.4 Å². The van der Waals surface area contributed by atoms with Crippen LogP contribution >= 0.6 is 11.9 Å². The number of ether oxygens (including phenoxy) is 1. The van der Waals surface area contributed by atoms with E-state index in [0.717, 1.165) is 0 Å². The van der Waals surface area contributed by atoms with Crippen LogP contribution in [0.2, 0.25) is 0 Å². The van der Waals surface area contributed by atoms with Crippen molar-refractivity contribution < 1.29 is 9.03 Å². The number of pyridine rings is 1. The number of halogens is 1. The Hall–Kier alpha value is -1.49. The molecule has 0 unspecified atom stereocenters. The highest BCUT2D eigenvalue weighted by atomic mass is 35.5. The number of nitrogens with two attached hydrogens (primary N) is 1. The smallest absolute Gasteiger partial charge is 0.282 e. The molecule has 0 aliphatic rings. The summed E-state index contributed by atoms with van der Waals surface area (Å²) in [6.07, 6.45) is 1.59. The van der Waals surface area contributed by atoms with Crippen molar-refractivity contribution >= 4 is 17.8 Å². The first-order valence-corrected chi connectivity index (χ1v) is 4.68. The molecule has 0 aliphatic heterocycles. The summed E-state index contributed by atoms with van der Waals surface area (Å²) in [7, 11) is 0. The third kappa shape index (κ3) is 2.99. The van der Waals surface area contributed by atoms with Crippen molar-refractivity contribution in [2.45, 2.75) is 20.0 Å². The van der Waals surface area contributed by atoms with Gasteiger partial charge in [0.2, 0.25) is 0 Å². The van der Waals surface area contributed by atoms with Crippen molar-refractivity contribution in [1.29, 1.82) is 0 Å². The number of hydrogen-bond acceptors (Lipinski definition) is 5. The van der Waals surface area contributed by atoms with Gasteiger partial charge < -0.3 is 14.9 Å². The number of aromatic nitrogens is 1. The van der Waals surface area contributed by atoms with Crippen LogP contribution in [0.3, 0.4) is 0 Å². The lowest BCUT2D eigenvalue weighted by molar-refractivity contribution is 0.240. The van der Waals surface area contributed by atoms with Gasteiger partial charge in [0.25, 0.3) is 5.90 Å². The zero-order valence-electron chi connectivity index (χ0n) is 8.48. The molecule has 0 radical (unpaired) electrons. The lowest BCUT2D eigenvalue weighted by Crippen LogP contribution is -2.13. The lowest BCUT2D eigenvalue weighted by Gasteiger charge is -2.12. The van der Waals surface area contributed by atoms with E-state index in [1.54, 1.807) is 18.3 Å². The predicted octanol–water partition coefficient (Wildman–Crippen LogP) is 1.66. The summed E-state index contributed by atoms with van der Waals surface area (Å²) in [5.41, 5.74) is 0.378. The second-order valence-electron chi connectivity index (χ2n) is 3.03. The highest BCUT2D eigenvalue weighted by Crippen LogP contribution is 2.18. The molecule has 0 saturated carbocycles. The molecule has 0 aliphatic carbocycles. The molecule has 0 saturated heterocycles. The molecule has 6 heteroatoms. The van der Waals surface area contributed by atoms with E-state index in [0.29, 0.717) is 11.4 Å². The second-order valence-corrected chi connectivity index (χ2v) is 3.18. The molecule has 82 valence electrons. The van der Waals surface area contributed by atoms with E-state index in [9.17, 15) is 0 Å². The summed E-state index contributed by atoms with van der Waals surface area (Å²) < 4.78 is 9.95. The Morgan fingerprint density at radius 3 is 2.87 bits per heavy atom. The van der Waals surface area contributed by atoms with Gasteiger partial charge in [-0.1, -0.05) is 0 Å². The monoisotopic (exact) mass is 229 g/mol. The first-order valence-electron chi connectivity index (χ1n) is 4.37. The molecule has 0 amide bonds. The summed E-state index contributed by atoms with van der Waals surface area (Å²) in [5.74, 6) is 5.64. The van der Waals surface area contributed by atoms with E-state index >= 15 is 0 Å². The maximum absolute atomic E-state index is 5.49. The first-order chi connectivity index (χ1) is 7.19. The maximum Gasteiger partial charge on any atom is 0.282 e. The quantitative estimate of drug-likeness (QED) is 0.370. The van der Waals surface area contributed by atoms with Gasteiger partial charge in [-0.2, -0.15) is 0 Å². The highest BCUT2D eigenvalue weighted by Gasteiger charge is 2.14. The molecule has 0 atom stereocenters. The Labute approximate surface area is 93.0 Å². The molecule has 0 fully saturated rings. The maximum atomic E-state index is 5.49. The van der Waals surface area contributed by atoms with E-state index in [4.69, 9.17) is 22.4 Å². The Kier molecular flexibility index (Phi) is 4.17. The van der Waals surface area contributed by atoms with Crippen molar-refractivity contribution in [2.24, 2.45) is 10.9 Å². The number of hydrazone groups is 1. The molecule has 15 heavy (non-hydrogen) atoms. The SMILES string of the molecule is CC(C)Oc1cccnc1C(=NN)OCl. The Bertz CT molecular complexity index is 355. The fraction of sp³-hybridized carbons (Fsp3) is 0.333. The molecular weight excluding hydrogens is 218 g/mol. The van der Waals surface area contributed by atoms with Gasteiger partial charge >= 0.3 is 0 Å². The van der Waals surface area contributed by atoms with Crippen molar-refractivity contribution in [3.8, 4) is 5.75 Å². The van der Waals surface area contributed by atoms with Gasteiger partial charge in [0.15, 0.2) is 11.4 Å². The molecule has 1 aromatic rings. The molecular formula is C9H12ClN3O2. The molecule has 0 bridgehead atoms. The van der Waals surface area contributed by atoms with Crippen LogP contribution in [0, 0.1) is 0 Å². The highest BCUT2D eigenvalue weighted by molar-refractivity contribution is 6.17. The summed E-state index contributed by atoms with van der Waals surface area (Å²) in [5, 5.41) is 3.36. The van der Waals surface area contributed by atoms with Crippen molar-refractivity contribution in [1.82, 2.24) is 4.98 Å². The van der Waals surface area contributed by atoms with Crippen molar-refractivity contribution in [3.63, 3.8) is 0 Å². The van der Waals surface area contributed by atoms with E-state index in [1.165, 1.54) is 0 Å². The number of rotatable bonds is 3. The fourth-order valence-corrected chi connectivity index (χ4v) is 1.13. The fourth-order valence-electron chi connectivity index (χ4n) is 1.02. The van der Waals surface area contributed by atoms with E-state index in [-0.39, 0.29) is 12.0 Å². The van der Waals surface area contributed by atoms with Crippen LogP contribution in [0.1, 0.15) is 19.5 Å². The Morgan fingerprint density at radius 2 is 2.33 bits per heavy atom. The van der Waals surface area contributed by atoms with Gasteiger partial charge in [-0.15, -0.1) is 5.10 Å². The minimum absolute atomic E-state index is 0.0160. The molecule has 1 rings (SSSR count). The standard InChI is InChI=1S/C9H12ClN3O2/c1-6(2)14-7-4-3-5-12-8(7)9(13-11)15-10/h3-6H,11H2,1-2H3. The molecule has 0 spiro atoms. The van der Waals surface area contributed by atoms with Gasteiger partial charge in [-0.05, 0) is 26.0 Å². The topological polar surface area (TPSA) is 69.7 Å². The third-order valence-electron chi connectivity index (χ3n) is 1.53. The Morgan fingerprint density at radius 1 is 1.60 bits per heavy atom. The van der Waals surface area contributed by atoms with Crippen molar-refractivity contribution in [3.05, 3.63) is 24.0 Å². The van der Waals surface area contributed by atoms with Gasteiger partial charge in [0.05, 0.1) is 6.10 Å². The third-order valence-corrected chi connectivity index (χ3v) is 1.67. The summed E-state index contributed by atoms with van der Waals surface area (Å²) in [4.78, 5) is 4.03. The van der Waals surface area contributed by atoms with Gasteiger partial charge in [0, 0.05) is 6.20 Å². The van der Waals surface area contributed by atoms with E-state index < -0.39 is 0 Å². The van der Waals surface area contributed by atoms with Crippen LogP contribution < -0.4 is 10.6 Å². The van der Waals surface area contributed by atoms with E-state index in [2.05, 4.69) is 14.4 Å². The molecule has 1 aromatic heterocycles. The second kappa shape index (κ2) is 5.41. The molecule has 0 aromatic carbocycles. The van der Waals surface area contributed by atoms with E-state index in [1.807, 2.05) is 13.8 Å². The van der Waals surface area contributed by atoms with Crippen LogP contribution in [-0.4, -0.2) is 17.0 Å². The van der Waals surface area contributed by atoms with Gasteiger partial charge in [-0.25, -0.2) is 4.98 Å². The predicted molar refractivity (Wildman–Crippen MR) is 57.7 cm³/mol. The summed E-state index contributed by atoms with van der Waals surface area (Å²) in [6.45, 7) is 3.80. The van der Waals surface area contributed by atoms with Crippen LogP contribution in [0.4, 0.5) is 0 Å². The lowest BCUT2D eigenvalue weighted by atomic mass is 10.3. The zero-order chi connectivity index (χ0) is 11.3. The van der Waals surface area contributed by atoms with Crippen LogP contribution in [0.25, 0.3) is 0 Å². The van der Waals surface area contributed by atoms with Crippen LogP contribution in [-0.2, 0) is 4.29 Å². The molecule has 2 N–H and O–H groups in total. The van der Waals surface area contributed by atoms with Gasteiger partial charge in [-0.3, -0.25) is 0 Å². The first kappa shape index (κ1) is 11.6. The number of nitrogens with zero attached hydrogens (tertiary/aromatic N) is 2. The summed E-state index contributed by atoms with van der Waals surface area (Å²) in [6, 6.07) is 3.48. The average Bonchev–Trinajstić information content (AvgIpc) is 2.21.